The van der Waals surface area contributed by atoms with Crippen molar-refractivity contribution in [1.29, 1.82) is 0 Å². The molecule has 1 N–H and O–H groups in total. The normalized spacial score (nSPS) is 14.7. The van der Waals surface area contributed by atoms with Crippen LogP contribution in [0.3, 0.4) is 0 Å². The minimum Gasteiger partial charge on any atom is -0.460 e. The molecule has 0 aromatic heterocycles. The number of esters is 1. The van der Waals surface area contributed by atoms with Crippen LogP contribution >= 0.6 is 0 Å². The maximum absolute atomic E-state index is 12.0. The lowest BCUT2D eigenvalue weighted by atomic mass is 9.87. The van der Waals surface area contributed by atoms with Crippen LogP contribution in [-0.2, 0) is 21.7 Å². The van der Waals surface area contributed by atoms with E-state index in [0.29, 0.717) is 12.3 Å². The second kappa shape index (κ2) is 7.28. The molecule has 1 atom stereocenters. The van der Waals surface area contributed by atoms with Gasteiger partial charge in [-0.3, -0.25) is 4.79 Å². The Hall–Kier alpha value is -1.35. The average molecular weight is 306 g/mol. The van der Waals surface area contributed by atoms with Gasteiger partial charge in [-0.1, -0.05) is 45.0 Å². The summed E-state index contributed by atoms with van der Waals surface area (Å²) in [6.07, 6.45) is 1.47. The van der Waals surface area contributed by atoms with Gasteiger partial charge < -0.3 is 9.84 Å². The van der Waals surface area contributed by atoms with Crippen LogP contribution in [0.5, 0.6) is 0 Å². The second-order valence-corrected chi connectivity index (χ2v) is 7.38. The van der Waals surface area contributed by atoms with E-state index in [0.717, 1.165) is 17.5 Å². The smallest absolute Gasteiger partial charge is 0.311 e. The molecule has 3 heteroatoms. The van der Waals surface area contributed by atoms with Gasteiger partial charge in [0.2, 0.25) is 0 Å². The van der Waals surface area contributed by atoms with Gasteiger partial charge in [-0.2, -0.15) is 0 Å². The molecule has 0 heterocycles. The third-order valence-corrected chi connectivity index (χ3v) is 4.19. The number of carbonyl (C=O) groups is 1. The highest BCUT2D eigenvalue weighted by Crippen LogP contribution is 2.28. The molecule has 1 aromatic rings. The molecule has 1 rings (SSSR count). The number of benzene rings is 1. The van der Waals surface area contributed by atoms with Crippen LogP contribution in [-0.4, -0.2) is 11.1 Å². The van der Waals surface area contributed by atoms with Crippen molar-refractivity contribution < 1.29 is 14.6 Å². The van der Waals surface area contributed by atoms with Crippen molar-refractivity contribution >= 4 is 5.97 Å². The predicted molar refractivity (Wildman–Crippen MR) is 89.3 cm³/mol. The van der Waals surface area contributed by atoms with Crippen molar-refractivity contribution in [1.82, 2.24) is 0 Å². The summed E-state index contributed by atoms with van der Waals surface area (Å²) in [4.78, 5) is 12.0. The fourth-order valence-electron chi connectivity index (χ4n) is 2.36. The minimum absolute atomic E-state index is 0.175. The Balaban J connectivity index is 2.68. The average Bonchev–Trinajstić information content (AvgIpc) is 2.43. The zero-order valence-corrected chi connectivity index (χ0v) is 14.8. The van der Waals surface area contributed by atoms with Crippen molar-refractivity contribution in [2.75, 3.05) is 0 Å². The molecule has 1 unspecified atom stereocenters. The van der Waals surface area contributed by atoms with E-state index >= 15 is 0 Å². The second-order valence-electron chi connectivity index (χ2n) is 7.38. The third kappa shape index (κ3) is 5.13. The molecule has 0 radical (unpaired) electrons. The van der Waals surface area contributed by atoms with Crippen molar-refractivity contribution in [3.8, 4) is 0 Å². The molecule has 22 heavy (non-hydrogen) atoms. The van der Waals surface area contributed by atoms with Crippen molar-refractivity contribution in [3.05, 3.63) is 35.4 Å². The number of hydrogen-bond acceptors (Lipinski definition) is 3. The molecule has 0 bridgehead atoms. The van der Waals surface area contributed by atoms with Crippen LogP contribution in [0.15, 0.2) is 24.3 Å². The fourth-order valence-corrected chi connectivity index (χ4v) is 2.36. The summed E-state index contributed by atoms with van der Waals surface area (Å²) < 4.78 is 5.37. The maximum atomic E-state index is 12.0. The summed E-state index contributed by atoms with van der Waals surface area (Å²) in [7, 11) is 0. The number of aliphatic hydroxyl groups is 1. The molecule has 0 amide bonds. The summed E-state index contributed by atoms with van der Waals surface area (Å²) in [5.74, 6) is 0.248. The van der Waals surface area contributed by atoms with Gasteiger partial charge in [0, 0.05) is 0 Å². The quantitative estimate of drug-likeness (QED) is 0.759. The highest BCUT2D eigenvalue weighted by molar-refractivity contribution is 5.75. The first-order chi connectivity index (χ1) is 10.1. The number of hydrogen-bond donors (Lipinski definition) is 1. The number of carbonyl (C=O) groups excluding carboxylic acids is 1. The van der Waals surface area contributed by atoms with Crippen LogP contribution in [0.1, 0.15) is 65.5 Å². The number of ether oxygens (including phenoxy) is 1. The van der Waals surface area contributed by atoms with E-state index in [9.17, 15) is 9.90 Å². The molecular formula is C19H30O3. The van der Waals surface area contributed by atoms with Gasteiger partial charge in [0.25, 0.3) is 0 Å². The molecule has 0 aliphatic carbocycles. The van der Waals surface area contributed by atoms with E-state index in [4.69, 9.17) is 4.74 Å². The third-order valence-electron chi connectivity index (χ3n) is 4.19. The van der Waals surface area contributed by atoms with Gasteiger partial charge in [0.1, 0.15) is 6.61 Å². The monoisotopic (exact) mass is 306 g/mol. The molecule has 0 spiro atoms. The largest absolute Gasteiger partial charge is 0.460 e. The molecule has 0 saturated carbocycles. The van der Waals surface area contributed by atoms with Crippen LogP contribution in [0.4, 0.5) is 0 Å². The van der Waals surface area contributed by atoms with E-state index in [1.807, 2.05) is 52.0 Å². The Bertz CT molecular complexity index is 484. The van der Waals surface area contributed by atoms with Gasteiger partial charge >= 0.3 is 5.97 Å². The summed E-state index contributed by atoms with van der Waals surface area (Å²) >= 11 is 0. The fraction of sp³-hybridized carbons (Fsp3) is 0.632. The van der Waals surface area contributed by atoms with Crippen molar-refractivity contribution in [2.45, 2.75) is 66.6 Å². The zero-order valence-electron chi connectivity index (χ0n) is 14.8. The van der Waals surface area contributed by atoms with Crippen LogP contribution in [0.25, 0.3) is 0 Å². The van der Waals surface area contributed by atoms with E-state index in [-0.39, 0.29) is 12.6 Å². The van der Waals surface area contributed by atoms with Gasteiger partial charge in [-0.25, -0.2) is 0 Å². The molecule has 0 aliphatic heterocycles. The Labute approximate surface area is 134 Å². The molecule has 1 aromatic carbocycles. The first kappa shape index (κ1) is 18.7. The topological polar surface area (TPSA) is 46.5 Å². The van der Waals surface area contributed by atoms with E-state index in [1.54, 1.807) is 0 Å². The van der Waals surface area contributed by atoms with Crippen molar-refractivity contribution in [3.63, 3.8) is 0 Å². The minimum atomic E-state index is -0.826. The lowest BCUT2D eigenvalue weighted by Crippen LogP contribution is -2.25. The van der Waals surface area contributed by atoms with Crippen LogP contribution in [0.2, 0.25) is 0 Å². The molecule has 0 saturated heterocycles. The Kier molecular flexibility index (Phi) is 6.18. The van der Waals surface area contributed by atoms with E-state index in [1.165, 1.54) is 0 Å². The van der Waals surface area contributed by atoms with Crippen LogP contribution in [0, 0.1) is 11.3 Å². The first-order valence-corrected chi connectivity index (χ1v) is 8.07. The standard InChI is InChI=1S/C19H30O3/c1-7-18(4,5)17(20)22-13-15-8-10-16(11-9-15)19(6,21)12-14(2)3/h8-11,14,21H,7,12-13H2,1-6H3. The van der Waals surface area contributed by atoms with E-state index < -0.39 is 11.0 Å². The lowest BCUT2D eigenvalue weighted by molar-refractivity contribution is -0.155. The Morgan fingerprint density at radius 1 is 1.18 bits per heavy atom. The van der Waals surface area contributed by atoms with E-state index in [2.05, 4.69) is 13.8 Å². The Morgan fingerprint density at radius 2 is 1.73 bits per heavy atom. The highest BCUT2D eigenvalue weighted by atomic mass is 16.5. The van der Waals surface area contributed by atoms with Gasteiger partial charge in [0.05, 0.1) is 11.0 Å². The Morgan fingerprint density at radius 3 is 2.18 bits per heavy atom. The number of rotatable bonds is 7. The molecular weight excluding hydrogens is 276 g/mol. The summed E-state index contributed by atoms with van der Waals surface area (Å²) in [6, 6.07) is 7.65. The molecule has 0 fully saturated rings. The lowest BCUT2D eigenvalue weighted by Gasteiger charge is -2.26. The highest BCUT2D eigenvalue weighted by Gasteiger charge is 2.27. The maximum Gasteiger partial charge on any atom is 0.311 e. The predicted octanol–water partition coefficient (Wildman–Crippen LogP) is 4.42. The zero-order chi connectivity index (χ0) is 17.0. The summed E-state index contributed by atoms with van der Waals surface area (Å²) in [5.41, 5.74) is 0.559. The first-order valence-electron chi connectivity index (χ1n) is 8.07. The summed E-state index contributed by atoms with van der Waals surface area (Å²) in [6.45, 7) is 12.1. The molecule has 0 aliphatic rings. The SMILES string of the molecule is CCC(C)(C)C(=O)OCc1ccc(C(C)(O)CC(C)C)cc1. The van der Waals surface area contributed by atoms with Gasteiger partial charge in [-0.15, -0.1) is 0 Å². The van der Waals surface area contributed by atoms with Crippen molar-refractivity contribution in [2.24, 2.45) is 11.3 Å². The molecule has 124 valence electrons. The van der Waals surface area contributed by atoms with Gasteiger partial charge in [-0.05, 0) is 50.7 Å². The van der Waals surface area contributed by atoms with Gasteiger partial charge in [0.15, 0.2) is 0 Å². The van der Waals surface area contributed by atoms with Crippen LogP contribution < -0.4 is 0 Å². The molecule has 3 nitrogen and oxygen atoms in total. The summed E-state index contributed by atoms with van der Waals surface area (Å²) in [5, 5.41) is 10.5.